The van der Waals surface area contributed by atoms with Crippen molar-refractivity contribution in [3.05, 3.63) is 53.1 Å². The Labute approximate surface area is 222 Å². The quantitative estimate of drug-likeness (QED) is 0.352. The fourth-order valence-corrected chi connectivity index (χ4v) is 6.76. The summed E-state index contributed by atoms with van der Waals surface area (Å²) < 4.78 is 2.45. The van der Waals surface area contributed by atoms with E-state index in [1.807, 2.05) is 6.07 Å². The van der Waals surface area contributed by atoms with Crippen LogP contribution < -0.4 is 4.90 Å². The molecule has 5 rings (SSSR count). The van der Waals surface area contributed by atoms with Gasteiger partial charge in [-0.2, -0.15) is 0 Å². The second-order valence-electron chi connectivity index (χ2n) is 11.4. The van der Waals surface area contributed by atoms with Gasteiger partial charge in [-0.05, 0) is 81.8 Å². The lowest BCUT2D eigenvalue weighted by Gasteiger charge is -2.29. The highest BCUT2D eigenvalue weighted by molar-refractivity contribution is 5.99. The van der Waals surface area contributed by atoms with Gasteiger partial charge in [0.15, 0.2) is 0 Å². The van der Waals surface area contributed by atoms with Gasteiger partial charge in [0, 0.05) is 54.4 Å². The third-order valence-corrected chi connectivity index (χ3v) is 8.72. The van der Waals surface area contributed by atoms with E-state index in [0.29, 0.717) is 17.5 Å². The number of rotatable bonds is 8. The molecule has 1 aromatic heterocycles. The molecule has 5 heteroatoms. The van der Waals surface area contributed by atoms with Crippen molar-refractivity contribution in [1.82, 2.24) is 9.47 Å². The Kier molecular flexibility index (Phi) is 7.62. The molecular weight excluding hydrogens is 458 g/mol. The van der Waals surface area contributed by atoms with Gasteiger partial charge in [0.05, 0.1) is 11.3 Å². The van der Waals surface area contributed by atoms with Gasteiger partial charge < -0.3 is 19.5 Å². The number of benzene rings is 2. The van der Waals surface area contributed by atoms with Crippen molar-refractivity contribution in [2.75, 3.05) is 31.1 Å². The number of fused-ring (bicyclic) bond motifs is 5. The van der Waals surface area contributed by atoms with Crippen molar-refractivity contribution in [2.24, 2.45) is 0 Å². The van der Waals surface area contributed by atoms with E-state index in [-0.39, 0.29) is 0 Å². The van der Waals surface area contributed by atoms with Crippen LogP contribution in [0.1, 0.15) is 86.7 Å². The lowest BCUT2D eigenvalue weighted by Crippen LogP contribution is -2.35. The maximum atomic E-state index is 11.9. The lowest BCUT2D eigenvalue weighted by atomic mass is 9.81. The summed E-state index contributed by atoms with van der Waals surface area (Å²) in [6.07, 6.45) is 7.46. The lowest BCUT2D eigenvalue weighted by molar-refractivity contribution is 0.0697. The second-order valence-corrected chi connectivity index (χ2v) is 11.4. The van der Waals surface area contributed by atoms with Crippen molar-refractivity contribution < 1.29 is 9.90 Å². The third kappa shape index (κ3) is 5.03. The van der Waals surface area contributed by atoms with E-state index < -0.39 is 5.97 Å². The Morgan fingerprint density at radius 1 is 1.08 bits per heavy atom. The number of hydrogen-bond acceptors (Lipinski definition) is 3. The molecule has 0 bridgehead atoms. The molecule has 0 spiro atoms. The summed E-state index contributed by atoms with van der Waals surface area (Å²) in [5, 5.41) is 11.0. The zero-order valence-corrected chi connectivity index (χ0v) is 23.1. The first kappa shape index (κ1) is 25.8. The van der Waals surface area contributed by atoms with Gasteiger partial charge >= 0.3 is 5.97 Å². The molecule has 2 heterocycles. The summed E-state index contributed by atoms with van der Waals surface area (Å²) in [6, 6.07) is 13.3. The average Bonchev–Trinajstić information content (AvgIpc) is 3.13. The number of carboxylic acid groups (broad SMARTS) is 1. The Morgan fingerprint density at radius 3 is 2.57 bits per heavy atom. The number of aryl methyl sites for hydroxylation is 1. The van der Waals surface area contributed by atoms with E-state index in [1.54, 1.807) is 6.07 Å². The van der Waals surface area contributed by atoms with Crippen molar-refractivity contribution >= 4 is 22.6 Å². The molecule has 2 aliphatic rings. The highest BCUT2D eigenvalue weighted by atomic mass is 16.4. The van der Waals surface area contributed by atoms with Gasteiger partial charge in [0.25, 0.3) is 0 Å². The maximum Gasteiger partial charge on any atom is 0.335 e. The van der Waals surface area contributed by atoms with E-state index in [9.17, 15) is 9.90 Å². The topological polar surface area (TPSA) is 48.7 Å². The summed E-state index contributed by atoms with van der Waals surface area (Å²) in [5.41, 5.74) is 8.19. The first-order chi connectivity index (χ1) is 17.9. The predicted molar refractivity (Wildman–Crippen MR) is 154 cm³/mol. The van der Waals surface area contributed by atoms with E-state index in [1.165, 1.54) is 65.6 Å². The second kappa shape index (κ2) is 10.9. The minimum atomic E-state index is -0.853. The molecule has 1 aliphatic carbocycles. The van der Waals surface area contributed by atoms with Crippen molar-refractivity contribution in [2.45, 2.75) is 84.7 Å². The molecule has 0 atom stereocenters. The maximum absolute atomic E-state index is 11.9. The van der Waals surface area contributed by atoms with E-state index in [4.69, 9.17) is 0 Å². The number of aromatic nitrogens is 1. The number of anilines is 1. The SMILES string of the molecule is CCN(CCCN1CCn2c(c(C3CCCCC3)c3ccc(C(=O)O)cc32)-c2ccc(C)cc21)C(C)C. The molecule has 1 N–H and O–H groups in total. The number of aromatic carboxylic acids is 1. The van der Waals surface area contributed by atoms with Crippen LogP contribution in [0.15, 0.2) is 36.4 Å². The molecule has 198 valence electrons. The van der Waals surface area contributed by atoms with Crippen molar-refractivity contribution in [3.63, 3.8) is 0 Å². The average molecular weight is 502 g/mol. The van der Waals surface area contributed by atoms with Crippen LogP contribution in [0.25, 0.3) is 22.2 Å². The Hall–Kier alpha value is -2.79. The van der Waals surface area contributed by atoms with Crippen LogP contribution >= 0.6 is 0 Å². The van der Waals surface area contributed by atoms with Gasteiger partial charge in [0.2, 0.25) is 0 Å². The van der Waals surface area contributed by atoms with Gasteiger partial charge in [-0.3, -0.25) is 0 Å². The van der Waals surface area contributed by atoms with E-state index in [2.05, 4.69) is 66.3 Å². The van der Waals surface area contributed by atoms with Crippen molar-refractivity contribution in [1.29, 1.82) is 0 Å². The Balaban J connectivity index is 1.61. The van der Waals surface area contributed by atoms with Gasteiger partial charge in [0.1, 0.15) is 0 Å². The molecular formula is C32H43N3O2. The number of carboxylic acids is 1. The molecule has 0 amide bonds. The van der Waals surface area contributed by atoms with Gasteiger partial charge in [-0.1, -0.05) is 44.4 Å². The summed E-state index contributed by atoms with van der Waals surface area (Å²) in [6.45, 7) is 14.0. The monoisotopic (exact) mass is 501 g/mol. The fraction of sp³-hybridized carbons (Fsp3) is 0.531. The summed E-state index contributed by atoms with van der Waals surface area (Å²) in [5.74, 6) is -0.318. The third-order valence-electron chi connectivity index (χ3n) is 8.72. The highest BCUT2D eigenvalue weighted by Crippen LogP contribution is 2.47. The number of hydrogen-bond donors (Lipinski definition) is 1. The zero-order valence-electron chi connectivity index (χ0n) is 23.1. The van der Waals surface area contributed by atoms with Gasteiger partial charge in [-0.25, -0.2) is 4.79 Å². The Bertz CT molecular complexity index is 1270. The van der Waals surface area contributed by atoms with Crippen LogP contribution in [-0.2, 0) is 6.54 Å². The van der Waals surface area contributed by atoms with Crippen LogP contribution in [0.3, 0.4) is 0 Å². The number of carbonyl (C=O) groups is 1. The highest BCUT2D eigenvalue weighted by Gasteiger charge is 2.30. The Morgan fingerprint density at radius 2 is 1.86 bits per heavy atom. The summed E-state index contributed by atoms with van der Waals surface area (Å²) in [4.78, 5) is 17.0. The first-order valence-electron chi connectivity index (χ1n) is 14.4. The molecule has 1 aliphatic heterocycles. The smallest absolute Gasteiger partial charge is 0.335 e. The molecule has 37 heavy (non-hydrogen) atoms. The predicted octanol–water partition coefficient (Wildman–Crippen LogP) is 7.30. The fourth-order valence-electron chi connectivity index (χ4n) is 6.76. The van der Waals surface area contributed by atoms with Gasteiger partial charge in [-0.15, -0.1) is 0 Å². The molecule has 1 fully saturated rings. The van der Waals surface area contributed by atoms with Crippen LogP contribution in [0.5, 0.6) is 0 Å². The largest absolute Gasteiger partial charge is 0.478 e. The summed E-state index contributed by atoms with van der Waals surface area (Å²) >= 11 is 0. The minimum Gasteiger partial charge on any atom is -0.478 e. The van der Waals surface area contributed by atoms with Crippen LogP contribution in [-0.4, -0.2) is 52.8 Å². The molecule has 5 nitrogen and oxygen atoms in total. The molecule has 2 aromatic carbocycles. The molecule has 3 aromatic rings. The van der Waals surface area contributed by atoms with Crippen LogP contribution in [0.4, 0.5) is 5.69 Å². The molecule has 0 radical (unpaired) electrons. The normalized spacial score (nSPS) is 16.3. The van der Waals surface area contributed by atoms with Crippen LogP contribution in [0, 0.1) is 6.92 Å². The van der Waals surface area contributed by atoms with E-state index in [0.717, 1.165) is 44.7 Å². The summed E-state index contributed by atoms with van der Waals surface area (Å²) in [7, 11) is 0. The molecule has 1 saturated carbocycles. The molecule has 0 unspecified atom stereocenters. The van der Waals surface area contributed by atoms with Crippen LogP contribution in [0.2, 0.25) is 0 Å². The molecule has 0 saturated heterocycles. The minimum absolute atomic E-state index is 0.376. The first-order valence-corrected chi connectivity index (χ1v) is 14.4. The van der Waals surface area contributed by atoms with Crippen molar-refractivity contribution in [3.8, 4) is 11.3 Å². The zero-order chi connectivity index (χ0) is 26.1. The number of nitrogens with zero attached hydrogens (tertiary/aromatic N) is 3. The van der Waals surface area contributed by atoms with E-state index >= 15 is 0 Å². The standard InChI is InChI=1S/C32H43N3O2/c1-5-33(22(2)3)16-9-17-34-18-19-35-29-21-25(32(36)37)13-15-26(29)30(24-10-7-6-8-11-24)31(35)27-14-12-23(4)20-28(27)34/h12-15,20-22,24H,5-11,16-19H2,1-4H3,(H,36,37).